The van der Waals surface area contributed by atoms with Gasteiger partial charge in [-0.05, 0) is 18.6 Å². The second-order valence-corrected chi connectivity index (χ2v) is 3.17. The Morgan fingerprint density at radius 1 is 1.46 bits per heavy atom. The highest BCUT2D eigenvalue weighted by Gasteiger charge is 2.08. The number of nitrogens with two attached hydrogens (primary N) is 1. The predicted molar refractivity (Wildman–Crippen MR) is 54.5 cm³/mol. The number of nitrogens with zero attached hydrogens (tertiary/aromatic N) is 2. The summed E-state index contributed by atoms with van der Waals surface area (Å²) in [6.45, 7) is 2.09. The van der Waals surface area contributed by atoms with Crippen molar-refractivity contribution < 1.29 is 0 Å². The van der Waals surface area contributed by atoms with Crippen LogP contribution in [-0.4, -0.2) is 9.78 Å². The van der Waals surface area contributed by atoms with Crippen LogP contribution >= 0.6 is 0 Å². The molecule has 2 N–H and O–H groups in total. The molecule has 1 aromatic heterocycles. The standard InChI is InChI=1S/C10H13N3/c1-3-8-10-7(11)5-4-6-9(10)13(2)12-8/h4-6H,3,11H2,1-2H3. The van der Waals surface area contributed by atoms with E-state index in [1.165, 1.54) is 0 Å². The predicted octanol–water partition coefficient (Wildman–Crippen LogP) is 1.72. The fraction of sp³-hybridized carbons (Fsp3) is 0.300. The minimum absolute atomic E-state index is 0.822. The molecule has 2 rings (SSSR count). The van der Waals surface area contributed by atoms with E-state index >= 15 is 0 Å². The number of benzene rings is 1. The van der Waals surface area contributed by atoms with Gasteiger partial charge < -0.3 is 5.73 Å². The number of fused-ring (bicyclic) bond motifs is 1. The molecule has 0 bridgehead atoms. The molecule has 1 aromatic carbocycles. The third-order valence-electron chi connectivity index (χ3n) is 2.32. The molecule has 68 valence electrons. The zero-order chi connectivity index (χ0) is 9.42. The van der Waals surface area contributed by atoms with E-state index in [4.69, 9.17) is 5.73 Å². The SMILES string of the molecule is CCc1nn(C)c2cccc(N)c12. The normalized spacial score (nSPS) is 10.9. The molecule has 0 saturated carbocycles. The molecule has 0 aliphatic carbocycles. The van der Waals surface area contributed by atoms with Crippen molar-refractivity contribution in [3.8, 4) is 0 Å². The lowest BCUT2D eigenvalue weighted by atomic mass is 10.1. The van der Waals surface area contributed by atoms with Crippen LogP contribution in [0.1, 0.15) is 12.6 Å². The molecule has 0 radical (unpaired) electrons. The van der Waals surface area contributed by atoms with E-state index in [1.54, 1.807) is 0 Å². The van der Waals surface area contributed by atoms with E-state index < -0.39 is 0 Å². The summed E-state index contributed by atoms with van der Waals surface area (Å²) < 4.78 is 1.88. The number of aryl methyl sites for hydroxylation is 2. The first kappa shape index (κ1) is 8.10. The quantitative estimate of drug-likeness (QED) is 0.670. The van der Waals surface area contributed by atoms with Gasteiger partial charge in [-0.15, -0.1) is 0 Å². The van der Waals surface area contributed by atoms with Gasteiger partial charge in [0.1, 0.15) is 0 Å². The summed E-state index contributed by atoms with van der Waals surface area (Å²) in [7, 11) is 1.95. The van der Waals surface area contributed by atoms with Crippen LogP contribution in [0.25, 0.3) is 10.9 Å². The maximum atomic E-state index is 5.89. The van der Waals surface area contributed by atoms with Gasteiger partial charge >= 0.3 is 0 Å². The number of hydrogen-bond acceptors (Lipinski definition) is 2. The van der Waals surface area contributed by atoms with Crippen molar-refractivity contribution in [3.63, 3.8) is 0 Å². The summed E-state index contributed by atoms with van der Waals surface area (Å²) in [5.41, 5.74) is 8.90. The lowest BCUT2D eigenvalue weighted by molar-refractivity contribution is 0.770. The fourth-order valence-electron chi connectivity index (χ4n) is 1.67. The Labute approximate surface area is 77.2 Å². The van der Waals surface area contributed by atoms with Crippen LogP contribution in [0.15, 0.2) is 18.2 Å². The van der Waals surface area contributed by atoms with Gasteiger partial charge in [0.15, 0.2) is 0 Å². The van der Waals surface area contributed by atoms with Crippen molar-refractivity contribution >= 4 is 16.6 Å². The zero-order valence-electron chi connectivity index (χ0n) is 7.91. The molecule has 3 heteroatoms. The van der Waals surface area contributed by atoms with Crippen LogP contribution in [-0.2, 0) is 13.5 Å². The molecule has 2 aromatic rings. The van der Waals surface area contributed by atoms with E-state index in [2.05, 4.69) is 12.0 Å². The summed E-state index contributed by atoms with van der Waals surface area (Å²) in [6, 6.07) is 5.92. The lowest BCUT2D eigenvalue weighted by Gasteiger charge is -1.96. The molecule has 0 fully saturated rings. The highest BCUT2D eigenvalue weighted by molar-refractivity contribution is 5.92. The number of anilines is 1. The molecule has 0 atom stereocenters. The Balaban J connectivity index is 2.89. The first-order chi connectivity index (χ1) is 6.24. The molecular weight excluding hydrogens is 162 g/mol. The van der Waals surface area contributed by atoms with Gasteiger partial charge in [0.2, 0.25) is 0 Å². The van der Waals surface area contributed by atoms with Gasteiger partial charge in [-0.2, -0.15) is 5.10 Å². The highest BCUT2D eigenvalue weighted by atomic mass is 15.3. The minimum Gasteiger partial charge on any atom is -0.398 e. The maximum Gasteiger partial charge on any atom is 0.0721 e. The van der Waals surface area contributed by atoms with Crippen LogP contribution in [0, 0.1) is 0 Å². The van der Waals surface area contributed by atoms with E-state index in [0.717, 1.165) is 28.7 Å². The summed E-state index contributed by atoms with van der Waals surface area (Å²) in [6.07, 6.45) is 0.922. The molecular formula is C10H13N3. The van der Waals surface area contributed by atoms with Crippen molar-refractivity contribution in [1.82, 2.24) is 9.78 Å². The zero-order valence-corrected chi connectivity index (χ0v) is 7.91. The van der Waals surface area contributed by atoms with Gasteiger partial charge in [-0.3, -0.25) is 4.68 Å². The number of rotatable bonds is 1. The second kappa shape index (κ2) is 2.76. The average molecular weight is 175 g/mol. The fourth-order valence-corrected chi connectivity index (χ4v) is 1.67. The van der Waals surface area contributed by atoms with Gasteiger partial charge in [0, 0.05) is 18.1 Å². The van der Waals surface area contributed by atoms with Gasteiger partial charge in [0.05, 0.1) is 11.2 Å². The van der Waals surface area contributed by atoms with Crippen molar-refractivity contribution in [2.24, 2.45) is 7.05 Å². The Hall–Kier alpha value is -1.51. The third kappa shape index (κ3) is 1.08. The molecule has 1 heterocycles. The Morgan fingerprint density at radius 2 is 2.23 bits per heavy atom. The summed E-state index contributed by atoms with van der Waals surface area (Å²) >= 11 is 0. The van der Waals surface area contributed by atoms with E-state index in [1.807, 2.05) is 29.9 Å². The van der Waals surface area contributed by atoms with Crippen molar-refractivity contribution in [1.29, 1.82) is 0 Å². The van der Waals surface area contributed by atoms with Crippen LogP contribution in [0.2, 0.25) is 0 Å². The van der Waals surface area contributed by atoms with Crippen molar-refractivity contribution in [2.45, 2.75) is 13.3 Å². The summed E-state index contributed by atoms with van der Waals surface area (Å²) in [4.78, 5) is 0. The Morgan fingerprint density at radius 3 is 2.92 bits per heavy atom. The number of nitrogen functional groups attached to an aromatic ring is 1. The van der Waals surface area contributed by atoms with Gasteiger partial charge in [-0.1, -0.05) is 13.0 Å². The topological polar surface area (TPSA) is 43.8 Å². The molecule has 13 heavy (non-hydrogen) atoms. The molecule has 0 amide bonds. The smallest absolute Gasteiger partial charge is 0.0721 e. The van der Waals surface area contributed by atoms with Crippen LogP contribution in [0.3, 0.4) is 0 Å². The summed E-state index contributed by atoms with van der Waals surface area (Å²) in [5.74, 6) is 0. The Bertz CT molecular complexity index is 443. The second-order valence-electron chi connectivity index (χ2n) is 3.17. The largest absolute Gasteiger partial charge is 0.398 e. The molecule has 0 saturated heterocycles. The molecule has 3 nitrogen and oxygen atoms in total. The number of hydrogen-bond donors (Lipinski definition) is 1. The third-order valence-corrected chi connectivity index (χ3v) is 2.32. The molecule has 0 aliphatic rings. The average Bonchev–Trinajstić information content (AvgIpc) is 2.45. The van der Waals surface area contributed by atoms with Crippen molar-refractivity contribution in [3.05, 3.63) is 23.9 Å². The van der Waals surface area contributed by atoms with E-state index in [9.17, 15) is 0 Å². The lowest BCUT2D eigenvalue weighted by Crippen LogP contribution is -1.90. The van der Waals surface area contributed by atoms with Crippen LogP contribution in [0.5, 0.6) is 0 Å². The van der Waals surface area contributed by atoms with Gasteiger partial charge in [0.25, 0.3) is 0 Å². The van der Waals surface area contributed by atoms with Crippen LogP contribution < -0.4 is 5.73 Å². The maximum absolute atomic E-state index is 5.89. The molecule has 0 unspecified atom stereocenters. The molecule has 0 aliphatic heterocycles. The van der Waals surface area contributed by atoms with E-state index in [-0.39, 0.29) is 0 Å². The summed E-state index contributed by atoms with van der Waals surface area (Å²) in [5, 5.41) is 5.51. The monoisotopic (exact) mass is 175 g/mol. The molecule has 0 spiro atoms. The Kier molecular flexibility index (Phi) is 1.72. The minimum atomic E-state index is 0.822. The van der Waals surface area contributed by atoms with Crippen molar-refractivity contribution in [2.75, 3.05) is 5.73 Å². The number of aromatic nitrogens is 2. The first-order valence-corrected chi connectivity index (χ1v) is 4.44. The highest BCUT2D eigenvalue weighted by Crippen LogP contribution is 2.24. The van der Waals surface area contributed by atoms with Gasteiger partial charge in [-0.25, -0.2) is 0 Å². The first-order valence-electron chi connectivity index (χ1n) is 4.44. The van der Waals surface area contributed by atoms with E-state index in [0.29, 0.717) is 0 Å². The van der Waals surface area contributed by atoms with Crippen LogP contribution in [0.4, 0.5) is 5.69 Å².